The van der Waals surface area contributed by atoms with Gasteiger partial charge in [-0.25, -0.2) is 0 Å². The highest BCUT2D eigenvalue weighted by Gasteiger charge is 2.52. The molecule has 0 amide bonds. The number of benzene rings is 1. The lowest BCUT2D eigenvalue weighted by molar-refractivity contribution is 0.0265. The standard InChI is InChI=1S/C19H25NO2/c1-12-17-18(21)15-7-6-14(22-3)10-16(15)19(12,2)8-9-20(17)11-13-4-5-13/h6-7,10,12-13,17H,4-5,8-9,11H2,1-3H3/t12?,17-,19-/m0/s1. The van der Waals surface area contributed by atoms with Gasteiger partial charge in [-0.1, -0.05) is 13.8 Å². The molecule has 3 atom stereocenters. The number of hydrogen-bond donors (Lipinski definition) is 0. The van der Waals surface area contributed by atoms with Crippen molar-refractivity contribution in [3.05, 3.63) is 29.3 Å². The van der Waals surface area contributed by atoms with Crippen LogP contribution in [0.5, 0.6) is 5.75 Å². The van der Waals surface area contributed by atoms with E-state index in [9.17, 15) is 4.79 Å². The van der Waals surface area contributed by atoms with Crippen LogP contribution in [0.3, 0.4) is 0 Å². The van der Waals surface area contributed by atoms with Gasteiger partial charge in [0.25, 0.3) is 0 Å². The summed E-state index contributed by atoms with van der Waals surface area (Å²) in [5.74, 6) is 2.38. The number of hydrogen-bond acceptors (Lipinski definition) is 3. The number of piperidine rings is 1. The van der Waals surface area contributed by atoms with E-state index in [0.29, 0.717) is 11.7 Å². The molecule has 0 spiro atoms. The van der Waals surface area contributed by atoms with Gasteiger partial charge in [-0.2, -0.15) is 0 Å². The maximum Gasteiger partial charge on any atom is 0.180 e. The Hall–Kier alpha value is -1.35. The molecule has 2 aliphatic carbocycles. The van der Waals surface area contributed by atoms with E-state index in [0.717, 1.165) is 36.7 Å². The molecule has 0 N–H and O–H groups in total. The molecule has 2 bridgehead atoms. The van der Waals surface area contributed by atoms with Gasteiger partial charge in [-0.15, -0.1) is 0 Å². The highest BCUT2D eigenvalue weighted by molar-refractivity contribution is 6.03. The van der Waals surface area contributed by atoms with E-state index in [4.69, 9.17) is 4.74 Å². The molecule has 3 aliphatic rings. The number of nitrogens with zero attached hydrogens (tertiary/aromatic N) is 1. The Bertz CT molecular complexity index is 622. The molecule has 3 nitrogen and oxygen atoms in total. The Labute approximate surface area is 132 Å². The number of carbonyl (C=O) groups is 1. The Kier molecular flexibility index (Phi) is 3.12. The van der Waals surface area contributed by atoms with E-state index in [1.807, 2.05) is 12.1 Å². The van der Waals surface area contributed by atoms with Gasteiger partial charge in [0.15, 0.2) is 5.78 Å². The first kappa shape index (κ1) is 14.3. The molecule has 2 fully saturated rings. The summed E-state index contributed by atoms with van der Waals surface area (Å²) in [6.45, 7) is 6.76. The van der Waals surface area contributed by atoms with Crippen LogP contribution in [0.1, 0.15) is 49.0 Å². The van der Waals surface area contributed by atoms with Crippen LogP contribution < -0.4 is 4.74 Å². The molecule has 1 unspecified atom stereocenters. The van der Waals surface area contributed by atoms with Crippen molar-refractivity contribution >= 4 is 5.78 Å². The zero-order chi connectivity index (χ0) is 15.5. The van der Waals surface area contributed by atoms with Gasteiger partial charge in [0, 0.05) is 12.1 Å². The van der Waals surface area contributed by atoms with Crippen LogP contribution in [0.4, 0.5) is 0 Å². The molecule has 0 radical (unpaired) electrons. The van der Waals surface area contributed by atoms with Crippen molar-refractivity contribution in [2.45, 2.75) is 44.6 Å². The number of methoxy groups -OCH3 is 1. The minimum absolute atomic E-state index is 0.0697. The van der Waals surface area contributed by atoms with Gasteiger partial charge in [-0.05, 0) is 66.8 Å². The first-order valence-electron chi connectivity index (χ1n) is 8.51. The van der Waals surface area contributed by atoms with E-state index >= 15 is 0 Å². The highest BCUT2D eigenvalue weighted by atomic mass is 16.5. The molecule has 1 heterocycles. The molecule has 22 heavy (non-hydrogen) atoms. The first-order chi connectivity index (χ1) is 10.5. The Morgan fingerprint density at radius 1 is 1.36 bits per heavy atom. The van der Waals surface area contributed by atoms with Crippen molar-refractivity contribution in [3.63, 3.8) is 0 Å². The number of fused-ring (bicyclic) bond motifs is 4. The summed E-state index contributed by atoms with van der Waals surface area (Å²) in [5, 5.41) is 0. The monoisotopic (exact) mass is 299 g/mol. The number of ketones is 1. The molecule has 1 aliphatic heterocycles. The van der Waals surface area contributed by atoms with Crippen LogP contribution in [-0.2, 0) is 5.41 Å². The van der Waals surface area contributed by atoms with E-state index in [1.165, 1.54) is 18.4 Å². The van der Waals surface area contributed by atoms with Gasteiger partial charge in [0.05, 0.1) is 13.2 Å². The Balaban J connectivity index is 1.78. The van der Waals surface area contributed by atoms with Crippen LogP contribution in [0.15, 0.2) is 18.2 Å². The fourth-order valence-corrected chi connectivity index (χ4v) is 4.51. The molecule has 1 saturated carbocycles. The van der Waals surface area contributed by atoms with Gasteiger partial charge < -0.3 is 4.74 Å². The topological polar surface area (TPSA) is 29.5 Å². The Morgan fingerprint density at radius 2 is 2.14 bits per heavy atom. The van der Waals surface area contributed by atoms with Crippen LogP contribution in [0.25, 0.3) is 0 Å². The van der Waals surface area contributed by atoms with Crippen LogP contribution in [0.2, 0.25) is 0 Å². The maximum absolute atomic E-state index is 13.1. The van der Waals surface area contributed by atoms with Crippen molar-refractivity contribution in [2.75, 3.05) is 20.2 Å². The predicted octanol–water partition coefficient (Wildman–Crippen LogP) is 3.27. The quantitative estimate of drug-likeness (QED) is 0.858. The second-order valence-corrected chi connectivity index (χ2v) is 7.62. The summed E-state index contributed by atoms with van der Waals surface area (Å²) in [6.07, 6.45) is 3.82. The lowest BCUT2D eigenvalue weighted by Gasteiger charge is -2.53. The van der Waals surface area contributed by atoms with Crippen LogP contribution in [0, 0.1) is 11.8 Å². The van der Waals surface area contributed by atoms with Gasteiger partial charge >= 0.3 is 0 Å². The molecular formula is C19H25NO2. The maximum atomic E-state index is 13.1. The normalized spacial score (nSPS) is 34.4. The lowest BCUT2D eigenvalue weighted by Crippen LogP contribution is -2.61. The molecule has 3 heteroatoms. The van der Waals surface area contributed by atoms with Gasteiger partial charge in [-0.3, -0.25) is 9.69 Å². The average molecular weight is 299 g/mol. The van der Waals surface area contributed by atoms with Crippen LogP contribution in [-0.4, -0.2) is 36.9 Å². The SMILES string of the molecule is COc1ccc2c(c1)[C@@]1(C)CCN(CC3CC3)[C@H](C2=O)C1C. The highest BCUT2D eigenvalue weighted by Crippen LogP contribution is 2.50. The largest absolute Gasteiger partial charge is 0.497 e. The van der Waals surface area contributed by atoms with Gasteiger partial charge in [0.1, 0.15) is 5.75 Å². The summed E-state index contributed by atoms with van der Waals surface area (Å²) in [5.41, 5.74) is 2.21. The smallest absolute Gasteiger partial charge is 0.180 e. The van der Waals surface area contributed by atoms with E-state index in [1.54, 1.807) is 7.11 Å². The molecule has 1 aromatic carbocycles. The number of Topliss-reactive ketones (excluding diaryl/α,β-unsaturated/α-hetero) is 1. The zero-order valence-corrected chi connectivity index (χ0v) is 13.8. The number of ether oxygens (including phenoxy) is 1. The number of likely N-dealkylation sites (tertiary alicyclic amines) is 1. The molecule has 1 aromatic rings. The third-order valence-electron chi connectivity index (χ3n) is 6.36. The summed E-state index contributed by atoms with van der Waals surface area (Å²) in [4.78, 5) is 15.6. The molecule has 118 valence electrons. The van der Waals surface area contributed by atoms with E-state index < -0.39 is 0 Å². The van der Waals surface area contributed by atoms with Gasteiger partial charge in [0.2, 0.25) is 0 Å². The van der Waals surface area contributed by atoms with Crippen molar-refractivity contribution in [2.24, 2.45) is 11.8 Å². The van der Waals surface area contributed by atoms with Crippen molar-refractivity contribution < 1.29 is 9.53 Å². The minimum atomic E-state index is 0.0697. The number of rotatable bonds is 3. The zero-order valence-electron chi connectivity index (χ0n) is 13.8. The summed E-state index contributed by atoms with van der Waals surface area (Å²) >= 11 is 0. The predicted molar refractivity (Wildman–Crippen MR) is 86.5 cm³/mol. The summed E-state index contributed by atoms with van der Waals surface area (Å²) in [7, 11) is 1.69. The van der Waals surface area contributed by atoms with E-state index in [2.05, 4.69) is 24.8 Å². The molecule has 0 aromatic heterocycles. The first-order valence-corrected chi connectivity index (χ1v) is 8.51. The fourth-order valence-electron chi connectivity index (χ4n) is 4.51. The Morgan fingerprint density at radius 3 is 2.82 bits per heavy atom. The summed E-state index contributed by atoms with van der Waals surface area (Å²) < 4.78 is 5.39. The van der Waals surface area contributed by atoms with Crippen LogP contribution >= 0.6 is 0 Å². The fraction of sp³-hybridized carbons (Fsp3) is 0.632. The lowest BCUT2D eigenvalue weighted by atomic mass is 9.58. The molecule has 4 rings (SSSR count). The summed E-state index contributed by atoms with van der Waals surface area (Å²) in [6, 6.07) is 6.07. The molecule has 1 saturated heterocycles. The third-order valence-corrected chi connectivity index (χ3v) is 6.36. The molecular weight excluding hydrogens is 274 g/mol. The van der Waals surface area contributed by atoms with Crippen molar-refractivity contribution in [1.82, 2.24) is 4.90 Å². The van der Waals surface area contributed by atoms with E-state index in [-0.39, 0.29) is 11.5 Å². The third kappa shape index (κ3) is 1.95. The average Bonchev–Trinajstić information content (AvgIpc) is 3.33. The minimum Gasteiger partial charge on any atom is -0.497 e. The number of carbonyl (C=O) groups excluding carboxylic acids is 1. The van der Waals surface area contributed by atoms with Crippen molar-refractivity contribution in [3.8, 4) is 5.75 Å². The van der Waals surface area contributed by atoms with Crippen molar-refractivity contribution in [1.29, 1.82) is 0 Å². The second-order valence-electron chi connectivity index (χ2n) is 7.62. The second kappa shape index (κ2) is 4.82.